The van der Waals surface area contributed by atoms with Crippen molar-refractivity contribution in [2.24, 2.45) is 0 Å². The summed E-state index contributed by atoms with van der Waals surface area (Å²) in [6.07, 6.45) is 7.00. The molecular formula is C38H69NO13. The molecule has 2 aliphatic heterocycles. The highest BCUT2D eigenvalue weighted by molar-refractivity contribution is 5.76. The molecule has 2 fully saturated rings. The molecule has 14 nitrogen and oxygen atoms in total. The van der Waals surface area contributed by atoms with Gasteiger partial charge in [0.15, 0.2) is 12.6 Å². The Bertz CT molecular complexity index is 983. The van der Waals surface area contributed by atoms with Gasteiger partial charge in [0.2, 0.25) is 5.91 Å². The van der Waals surface area contributed by atoms with Crippen molar-refractivity contribution in [3.63, 3.8) is 0 Å². The Morgan fingerprint density at radius 3 is 1.87 bits per heavy atom. The van der Waals surface area contributed by atoms with Gasteiger partial charge in [-0.05, 0) is 25.7 Å². The fourth-order valence-corrected chi connectivity index (χ4v) is 6.29. The van der Waals surface area contributed by atoms with Crippen LogP contribution < -0.4 is 5.32 Å². The van der Waals surface area contributed by atoms with E-state index in [-0.39, 0.29) is 18.9 Å². The predicted molar refractivity (Wildman–Crippen MR) is 194 cm³/mol. The molecule has 9 N–H and O–H groups in total. The van der Waals surface area contributed by atoms with Crippen LogP contribution >= 0.6 is 0 Å². The molecule has 0 spiro atoms. The molecule has 0 bridgehead atoms. The van der Waals surface area contributed by atoms with E-state index in [4.69, 9.17) is 18.9 Å². The summed E-state index contributed by atoms with van der Waals surface area (Å²) in [5.74, 6) is -0.258. The van der Waals surface area contributed by atoms with Gasteiger partial charge in [-0.25, -0.2) is 0 Å². The highest BCUT2D eigenvalue weighted by Crippen LogP contribution is 2.29. The van der Waals surface area contributed by atoms with Crippen LogP contribution in [0, 0.1) is 0 Å². The average Bonchev–Trinajstić information content (AvgIpc) is 3.14. The molecule has 12 atom stereocenters. The minimum Gasteiger partial charge on any atom is -0.394 e. The molecule has 0 radical (unpaired) electrons. The molecular weight excluding hydrogens is 678 g/mol. The van der Waals surface area contributed by atoms with Crippen LogP contribution in [-0.2, 0) is 23.7 Å². The van der Waals surface area contributed by atoms with Gasteiger partial charge in [0.25, 0.3) is 0 Å². The quantitative estimate of drug-likeness (QED) is 0.0433. The van der Waals surface area contributed by atoms with Crippen molar-refractivity contribution >= 4 is 5.91 Å². The summed E-state index contributed by atoms with van der Waals surface area (Å²) in [7, 11) is 0. The molecule has 1 amide bonds. The lowest BCUT2D eigenvalue weighted by atomic mass is 9.97. The van der Waals surface area contributed by atoms with E-state index in [0.717, 1.165) is 44.9 Å². The summed E-state index contributed by atoms with van der Waals surface area (Å²) in [5.41, 5.74) is 0. The number of aliphatic hydroxyl groups is 8. The number of hydrogen-bond acceptors (Lipinski definition) is 13. The minimum absolute atomic E-state index is 0.258. The number of nitrogens with one attached hydrogen (secondary N) is 1. The fraction of sp³-hybridized carbons (Fsp3) is 0.868. The van der Waals surface area contributed by atoms with Gasteiger partial charge >= 0.3 is 0 Å². The number of ether oxygens (including phenoxy) is 4. The summed E-state index contributed by atoms with van der Waals surface area (Å²) in [5, 5.41) is 85.8. The van der Waals surface area contributed by atoms with Crippen molar-refractivity contribution in [2.45, 2.75) is 190 Å². The second-order valence-corrected chi connectivity index (χ2v) is 14.1. The second-order valence-electron chi connectivity index (χ2n) is 14.1. The summed E-state index contributed by atoms with van der Waals surface area (Å²) in [6, 6.07) is -0.921. The second kappa shape index (κ2) is 27.1. The van der Waals surface area contributed by atoms with Crippen LogP contribution in [0.3, 0.4) is 0 Å². The first kappa shape index (κ1) is 46.6. The molecule has 2 saturated heterocycles. The van der Waals surface area contributed by atoms with Gasteiger partial charge in [-0.1, -0.05) is 109 Å². The van der Waals surface area contributed by atoms with Crippen molar-refractivity contribution in [3.05, 3.63) is 24.3 Å². The van der Waals surface area contributed by atoms with Crippen molar-refractivity contribution in [1.82, 2.24) is 5.32 Å². The predicted octanol–water partition coefficient (Wildman–Crippen LogP) is 1.87. The Labute approximate surface area is 309 Å². The van der Waals surface area contributed by atoms with E-state index in [9.17, 15) is 45.6 Å². The summed E-state index contributed by atoms with van der Waals surface area (Å²) in [6.45, 7) is 2.61. The van der Waals surface area contributed by atoms with Crippen LogP contribution in [0.25, 0.3) is 0 Å². The molecule has 0 aromatic rings. The molecule has 0 aromatic heterocycles. The van der Waals surface area contributed by atoms with Crippen molar-refractivity contribution in [2.75, 3.05) is 19.8 Å². The van der Waals surface area contributed by atoms with Crippen LogP contribution in [0.4, 0.5) is 0 Å². The lowest BCUT2D eigenvalue weighted by Gasteiger charge is -2.46. The minimum atomic E-state index is -1.79. The first-order chi connectivity index (χ1) is 25.1. The highest BCUT2D eigenvalue weighted by Gasteiger charge is 2.50. The van der Waals surface area contributed by atoms with E-state index in [2.05, 4.69) is 31.3 Å². The number of aliphatic hydroxyl groups excluding tert-OH is 8. The Hall–Kier alpha value is -1.53. The molecule has 304 valence electrons. The Balaban J connectivity index is 1.98. The lowest BCUT2D eigenvalue weighted by Crippen LogP contribution is -2.65. The maximum absolute atomic E-state index is 12.9. The number of allylic oxidation sites excluding steroid dienone is 3. The Morgan fingerprint density at radius 2 is 1.23 bits per heavy atom. The zero-order valence-corrected chi connectivity index (χ0v) is 31.3. The van der Waals surface area contributed by atoms with Crippen molar-refractivity contribution in [1.29, 1.82) is 0 Å². The number of rotatable bonds is 27. The zero-order valence-electron chi connectivity index (χ0n) is 31.3. The molecule has 52 heavy (non-hydrogen) atoms. The summed E-state index contributed by atoms with van der Waals surface area (Å²) < 4.78 is 22.5. The van der Waals surface area contributed by atoms with Crippen molar-refractivity contribution < 1.29 is 64.6 Å². The number of hydrogen-bond donors (Lipinski definition) is 9. The van der Waals surface area contributed by atoms with E-state index < -0.39 is 86.8 Å². The van der Waals surface area contributed by atoms with Gasteiger partial charge < -0.3 is 65.1 Å². The van der Waals surface area contributed by atoms with Crippen LogP contribution in [0.1, 0.15) is 117 Å². The molecule has 0 saturated carbocycles. The van der Waals surface area contributed by atoms with Gasteiger partial charge in [0.05, 0.1) is 32.0 Å². The summed E-state index contributed by atoms with van der Waals surface area (Å²) >= 11 is 0. The van der Waals surface area contributed by atoms with Crippen LogP contribution in [0.15, 0.2) is 24.3 Å². The third-order valence-corrected chi connectivity index (χ3v) is 9.64. The first-order valence-electron chi connectivity index (χ1n) is 19.6. The Morgan fingerprint density at radius 1 is 0.673 bits per heavy atom. The van der Waals surface area contributed by atoms with E-state index in [0.29, 0.717) is 12.8 Å². The number of amides is 1. The molecule has 2 aliphatic rings. The van der Waals surface area contributed by atoms with Gasteiger partial charge in [0.1, 0.15) is 48.8 Å². The standard InChI is InChI=1S/C38H69NO13/c1-3-5-7-9-11-13-14-16-18-20-22-30(43)39-26(27(42)21-19-17-15-12-10-8-6-4-2)25-49-37-35(48)33(46)36(29(24-41)51-37)52-38-34(47)32(45)31(44)28(23-40)50-38/h10,12,19,21,26-29,31-38,40-42,44-48H,3-9,11,13-18,20,22-25H2,1-2H3,(H,39,43)/b12-10+,21-19+. The SMILES string of the molecule is CCCC/C=C/CC/C=C/C(O)C(COC1OC(CO)C(OC2OC(CO)C(O)C(O)C2O)C(O)C1O)NC(=O)CCCCCCCCCCCC. The van der Waals surface area contributed by atoms with E-state index in [1.54, 1.807) is 6.08 Å². The molecule has 14 heteroatoms. The van der Waals surface area contributed by atoms with Gasteiger partial charge in [-0.2, -0.15) is 0 Å². The average molecular weight is 748 g/mol. The van der Waals surface area contributed by atoms with Crippen molar-refractivity contribution in [3.8, 4) is 0 Å². The zero-order chi connectivity index (χ0) is 38.3. The van der Waals surface area contributed by atoms with E-state index in [1.165, 1.54) is 38.5 Å². The maximum atomic E-state index is 12.9. The monoisotopic (exact) mass is 747 g/mol. The molecule has 12 unspecified atom stereocenters. The Kier molecular flexibility index (Phi) is 24.3. The lowest BCUT2D eigenvalue weighted by molar-refractivity contribution is -0.359. The first-order valence-corrected chi connectivity index (χ1v) is 19.6. The topological polar surface area (TPSA) is 228 Å². The molecule has 2 heterocycles. The highest BCUT2D eigenvalue weighted by atomic mass is 16.7. The van der Waals surface area contributed by atoms with Crippen LogP contribution in [0.5, 0.6) is 0 Å². The third-order valence-electron chi connectivity index (χ3n) is 9.64. The molecule has 0 aromatic carbocycles. The molecule has 0 aliphatic carbocycles. The third kappa shape index (κ3) is 16.5. The number of carbonyl (C=O) groups excluding carboxylic acids is 1. The summed E-state index contributed by atoms with van der Waals surface area (Å²) in [4.78, 5) is 12.9. The van der Waals surface area contributed by atoms with E-state index in [1.807, 2.05) is 6.08 Å². The van der Waals surface area contributed by atoms with E-state index >= 15 is 0 Å². The van der Waals surface area contributed by atoms with Gasteiger partial charge in [-0.3, -0.25) is 4.79 Å². The normalized spacial score (nSPS) is 31.0. The van der Waals surface area contributed by atoms with Crippen LogP contribution in [0.2, 0.25) is 0 Å². The van der Waals surface area contributed by atoms with Gasteiger partial charge in [-0.15, -0.1) is 0 Å². The fourth-order valence-electron chi connectivity index (χ4n) is 6.29. The molecule has 2 rings (SSSR count). The number of unbranched alkanes of at least 4 members (excludes halogenated alkanes) is 12. The smallest absolute Gasteiger partial charge is 0.220 e. The number of carbonyl (C=O) groups is 1. The largest absolute Gasteiger partial charge is 0.394 e. The van der Waals surface area contributed by atoms with Crippen LogP contribution in [-0.4, -0.2) is 140 Å². The van der Waals surface area contributed by atoms with Gasteiger partial charge in [0, 0.05) is 6.42 Å². The maximum Gasteiger partial charge on any atom is 0.220 e.